The molecule has 9 nitrogen and oxygen atoms in total. The lowest BCUT2D eigenvalue weighted by Crippen LogP contribution is -2.72. The average Bonchev–Trinajstić information content (AvgIpc) is 3.12. The molecule has 5 atom stereocenters. The first kappa shape index (κ1) is 33.0. The molecular formula is C38H44O9. The summed E-state index contributed by atoms with van der Waals surface area (Å²) in [6, 6.07) is 0. The number of carbonyl (C=O) groups excluding carboxylic acids is 3. The van der Waals surface area contributed by atoms with Crippen LogP contribution in [0, 0.1) is 11.8 Å². The van der Waals surface area contributed by atoms with Crippen LogP contribution in [0.4, 0.5) is 0 Å². The minimum atomic E-state index is -1.58. The number of allylic oxidation sites excluding steroid dienone is 4. The zero-order valence-electron chi connectivity index (χ0n) is 28.4. The van der Waals surface area contributed by atoms with Gasteiger partial charge in [0.05, 0.1) is 16.8 Å². The van der Waals surface area contributed by atoms with Crippen molar-refractivity contribution in [1.82, 2.24) is 0 Å². The molecule has 250 valence electrons. The molecule has 2 N–H and O–H groups in total. The van der Waals surface area contributed by atoms with Gasteiger partial charge in [0.15, 0.2) is 22.8 Å². The van der Waals surface area contributed by atoms with Crippen molar-refractivity contribution in [2.75, 3.05) is 0 Å². The molecule has 6 aliphatic rings. The summed E-state index contributed by atoms with van der Waals surface area (Å²) in [6.07, 6.45) is 13.8. The second kappa shape index (κ2) is 10.8. The van der Waals surface area contributed by atoms with Crippen molar-refractivity contribution < 1.29 is 43.5 Å². The van der Waals surface area contributed by atoms with E-state index in [0.717, 1.165) is 5.57 Å². The number of benzene rings is 1. The van der Waals surface area contributed by atoms with E-state index in [-0.39, 0.29) is 35.2 Å². The Morgan fingerprint density at radius 3 is 2.47 bits per heavy atom. The third-order valence-electron chi connectivity index (χ3n) is 10.2. The summed E-state index contributed by atoms with van der Waals surface area (Å²) >= 11 is 0. The van der Waals surface area contributed by atoms with Gasteiger partial charge in [0.25, 0.3) is 6.47 Å². The molecule has 1 saturated heterocycles. The quantitative estimate of drug-likeness (QED) is 0.182. The van der Waals surface area contributed by atoms with Crippen molar-refractivity contribution in [1.29, 1.82) is 0 Å². The molecule has 3 unspecified atom stereocenters. The molecule has 3 aliphatic heterocycles. The lowest BCUT2D eigenvalue weighted by atomic mass is 9.51. The van der Waals surface area contributed by atoms with Gasteiger partial charge < -0.3 is 29.2 Å². The van der Waals surface area contributed by atoms with Crippen LogP contribution in [0.25, 0.3) is 6.08 Å². The van der Waals surface area contributed by atoms with Crippen molar-refractivity contribution in [3.05, 3.63) is 70.1 Å². The Kier molecular flexibility index (Phi) is 7.57. The number of hydrogen-bond acceptors (Lipinski definition) is 9. The fourth-order valence-corrected chi connectivity index (χ4v) is 8.11. The SMILES string of the molecule is CC(C)=CCc1c2c(c(O)c3c1OC14C(=C[C@@H]5CC1C(C)(C)O[C@]4(CC=C(C)OC=O)C5=O)C3=O)C=CC(C)(CC=CC(C)(C)O)O2. The first-order chi connectivity index (χ1) is 21.9. The Bertz CT molecular complexity index is 1730. The standard InChI is InChI=1S/C38H44O9/c1-21(2)10-11-25-31-24(13-16-36(8,45-31)15-9-14-34(4,5)43)29(40)28-30(41)26-18-23-19-27-35(6,7)47-37(33(23)42,17-12-22(3)44-20-39)38(26,27)46-32(25)28/h9-10,12-14,16,18,20,23,27,40,43H,11,15,17,19H2,1-8H3/t23-,27?,36?,37-,38?/m1/s1. The fraction of sp³-hybridized carbons (Fsp3) is 0.500. The monoisotopic (exact) mass is 644 g/mol. The van der Waals surface area contributed by atoms with Crippen molar-refractivity contribution in [3.63, 3.8) is 0 Å². The number of ketones is 2. The molecule has 0 aromatic heterocycles. The molecule has 9 heteroatoms. The van der Waals surface area contributed by atoms with E-state index in [1.807, 2.05) is 52.8 Å². The number of aliphatic hydroxyl groups is 1. The molecule has 1 aromatic carbocycles. The van der Waals surface area contributed by atoms with Crippen LogP contribution in [0.5, 0.6) is 17.2 Å². The van der Waals surface area contributed by atoms with Crippen LogP contribution in [0.1, 0.15) is 96.1 Å². The summed E-state index contributed by atoms with van der Waals surface area (Å²) in [7, 11) is 0. The number of phenols is 1. The largest absolute Gasteiger partial charge is 0.506 e. The van der Waals surface area contributed by atoms with Crippen molar-refractivity contribution in [2.45, 2.75) is 109 Å². The summed E-state index contributed by atoms with van der Waals surface area (Å²) in [4.78, 5) is 40.1. The Hall–Kier alpha value is -3.95. The Morgan fingerprint density at radius 1 is 1.09 bits per heavy atom. The van der Waals surface area contributed by atoms with Gasteiger partial charge in [-0.05, 0) is 86.5 Å². The van der Waals surface area contributed by atoms with E-state index >= 15 is 0 Å². The normalized spacial score (nSPS) is 31.4. The molecular weight excluding hydrogens is 600 g/mol. The minimum Gasteiger partial charge on any atom is -0.506 e. The van der Waals surface area contributed by atoms with Crippen LogP contribution in [0.15, 0.2) is 53.4 Å². The number of hydrogen-bond donors (Lipinski definition) is 2. The van der Waals surface area contributed by atoms with Gasteiger partial charge in [-0.25, -0.2) is 0 Å². The van der Waals surface area contributed by atoms with E-state index in [2.05, 4.69) is 0 Å². The molecule has 1 spiro atoms. The first-order valence-corrected chi connectivity index (χ1v) is 16.2. The summed E-state index contributed by atoms with van der Waals surface area (Å²) in [5, 5.41) is 22.0. The van der Waals surface area contributed by atoms with Gasteiger partial charge >= 0.3 is 0 Å². The predicted molar refractivity (Wildman–Crippen MR) is 175 cm³/mol. The molecule has 1 aromatic rings. The molecule has 3 heterocycles. The number of fused-ring (bicyclic) bond motifs is 2. The Morgan fingerprint density at radius 2 is 1.81 bits per heavy atom. The second-order valence-corrected chi connectivity index (χ2v) is 15.0. The topological polar surface area (TPSA) is 129 Å². The highest BCUT2D eigenvalue weighted by atomic mass is 16.6. The van der Waals surface area contributed by atoms with Crippen LogP contribution in [0.3, 0.4) is 0 Å². The fourth-order valence-electron chi connectivity index (χ4n) is 8.11. The number of carbonyl (C=O) groups is 3. The van der Waals surface area contributed by atoms with Crippen LogP contribution in [-0.2, 0) is 25.5 Å². The molecule has 2 fully saturated rings. The Labute approximate surface area is 275 Å². The van der Waals surface area contributed by atoms with Gasteiger partial charge in [0.2, 0.25) is 0 Å². The maximum atomic E-state index is 14.7. The van der Waals surface area contributed by atoms with E-state index < -0.39 is 39.7 Å². The van der Waals surface area contributed by atoms with Crippen molar-refractivity contribution in [2.24, 2.45) is 11.8 Å². The third kappa shape index (κ3) is 4.92. The van der Waals surface area contributed by atoms with Crippen molar-refractivity contribution >= 4 is 24.1 Å². The lowest BCUT2D eigenvalue weighted by molar-refractivity contribution is -0.171. The molecule has 3 aliphatic carbocycles. The highest BCUT2D eigenvalue weighted by Crippen LogP contribution is 2.68. The Balaban J connectivity index is 1.57. The molecule has 4 bridgehead atoms. The summed E-state index contributed by atoms with van der Waals surface area (Å²) in [5.41, 5.74) is -3.39. The van der Waals surface area contributed by atoms with Crippen LogP contribution in [0.2, 0.25) is 0 Å². The molecule has 1 saturated carbocycles. The smallest absolute Gasteiger partial charge is 0.298 e. The highest BCUT2D eigenvalue weighted by molar-refractivity contribution is 6.19. The third-order valence-corrected chi connectivity index (χ3v) is 10.2. The second-order valence-electron chi connectivity index (χ2n) is 15.0. The van der Waals surface area contributed by atoms with E-state index in [4.69, 9.17) is 18.9 Å². The van der Waals surface area contributed by atoms with Crippen LogP contribution >= 0.6 is 0 Å². The molecule has 47 heavy (non-hydrogen) atoms. The van der Waals surface area contributed by atoms with Crippen molar-refractivity contribution in [3.8, 4) is 17.2 Å². The summed E-state index contributed by atoms with van der Waals surface area (Å²) in [5.74, 6) is -0.907. The number of ether oxygens (including phenoxy) is 4. The van der Waals surface area contributed by atoms with E-state index in [1.54, 1.807) is 45.1 Å². The van der Waals surface area contributed by atoms with Crippen LogP contribution < -0.4 is 9.47 Å². The van der Waals surface area contributed by atoms with Gasteiger partial charge in [-0.2, -0.15) is 0 Å². The number of rotatable bonds is 9. The highest BCUT2D eigenvalue weighted by Gasteiger charge is 2.81. The lowest BCUT2D eigenvalue weighted by Gasteiger charge is -2.56. The maximum Gasteiger partial charge on any atom is 0.298 e. The van der Waals surface area contributed by atoms with E-state index in [0.29, 0.717) is 53.9 Å². The number of aromatic hydroxyl groups is 1. The molecule has 7 rings (SSSR count). The van der Waals surface area contributed by atoms with E-state index in [9.17, 15) is 24.6 Å². The number of Topliss-reactive ketones (excluding diaryl/α,β-unsaturated/α-hetero) is 2. The van der Waals surface area contributed by atoms with Crippen LogP contribution in [-0.4, -0.2) is 56.3 Å². The number of phenolic OH excluding ortho intramolecular Hbond substituents is 1. The van der Waals surface area contributed by atoms with Gasteiger partial charge in [0, 0.05) is 35.8 Å². The van der Waals surface area contributed by atoms with Gasteiger partial charge in [-0.3, -0.25) is 14.4 Å². The molecule has 0 amide bonds. The van der Waals surface area contributed by atoms with Gasteiger partial charge in [-0.1, -0.05) is 29.9 Å². The summed E-state index contributed by atoms with van der Waals surface area (Å²) < 4.78 is 25.6. The zero-order valence-corrected chi connectivity index (χ0v) is 28.4. The van der Waals surface area contributed by atoms with Gasteiger partial charge in [-0.15, -0.1) is 0 Å². The predicted octanol–water partition coefficient (Wildman–Crippen LogP) is 6.26. The maximum absolute atomic E-state index is 14.7. The van der Waals surface area contributed by atoms with E-state index in [1.165, 1.54) is 0 Å². The molecule has 0 radical (unpaired) electrons. The average molecular weight is 645 g/mol. The minimum absolute atomic E-state index is 0.0208. The zero-order chi connectivity index (χ0) is 34.3. The van der Waals surface area contributed by atoms with Gasteiger partial charge in [0.1, 0.15) is 34.2 Å². The summed E-state index contributed by atoms with van der Waals surface area (Å²) in [6.45, 7) is 15.0. The first-order valence-electron chi connectivity index (χ1n) is 16.2.